The van der Waals surface area contributed by atoms with Crippen molar-refractivity contribution in [1.29, 1.82) is 0 Å². The highest BCUT2D eigenvalue weighted by Gasteiger charge is 2.13. The molecule has 0 saturated carbocycles. The van der Waals surface area contributed by atoms with Crippen molar-refractivity contribution in [2.45, 2.75) is 24.5 Å². The SMILES string of the molecule is O=C(CSc1nnc(-c2ccccc2)o1)Nc1ccc2c(c1)CCC2. The summed E-state index contributed by atoms with van der Waals surface area (Å²) in [6, 6.07) is 15.7. The molecule has 1 amide bonds. The van der Waals surface area contributed by atoms with Crippen LogP contribution < -0.4 is 5.32 Å². The van der Waals surface area contributed by atoms with Crippen LogP contribution in [0, 0.1) is 0 Å². The number of fused-ring (bicyclic) bond motifs is 1. The van der Waals surface area contributed by atoms with Gasteiger partial charge in [0.05, 0.1) is 5.75 Å². The number of carbonyl (C=O) groups excluding carboxylic acids is 1. The Hall–Kier alpha value is -2.60. The van der Waals surface area contributed by atoms with Crippen LogP contribution in [0.5, 0.6) is 0 Å². The zero-order valence-corrected chi connectivity index (χ0v) is 14.4. The largest absolute Gasteiger partial charge is 0.411 e. The van der Waals surface area contributed by atoms with Crippen molar-refractivity contribution in [2.24, 2.45) is 0 Å². The molecule has 1 aliphatic carbocycles. The number of aromatic nitrogens is 2. The van der Waals surface area contributed by atoms with Gasteiger partial charge in [-0.25, -0.2) is 0 Å². The van der Waals surface area contributed by atoms with Crippen molar-refractivity contribution in [1.82, 2.24) is 10.2 Å². The molecule has 0 unspecified atom stereocenters. The molecule has 0 saturated heterocycles. The van der Waals surface area contributed by atoms with E-state index in [1.807, 2.05) is 36.4 Å². The molecule has 0 spiro atoms. The molecule has 1 N–H and O–H groups in total. The maximum Gasteiger partial charge on any atom is 0.277 e. The summed E-state index contributed by atoms with van der Waals surface area (Å²) in [6.45, 7) is 0. The number of rotatable bonds is 5. The van der Waals surface area contributed by atoms with E-state index in [0.717, 1.165) is 24.1 Å². The second-order valence-electron chi connectivity index (χ2n) is 5.91. The smallest absolute Gasteiger partial charge is 0.277 e. The summed E-state index contributed by atoms with van der Waals surface area (Å²) in [5.74, 6) is 0.609. The van der Waals surface area contributed by atoms with E-state index in [1.54, 1.807) is 0 Å². The fourth-order valence-electron chi connectivity index (χ4n) is 2.94. The van der Waals surface area contributed by atoms with Crippen LogP contribution in [0.25, 0.3) is 11.5 Å². The van der Waals surface area contributed by atoms with Crippen molar-refractivity contribution < 1.29 is 9.21 Å². The third-order valence-electron chi connectivity index (χ3n) is 4.14. The minimum atomic E-state index is -0.0811. The summed E-state index contributed by atoms with van der Waals surface area (Å²) in [5, 5.41) is 11.3. The minimum absolute atomic E-state index is 0.0811. The Bertz CT molecular complexity index is 893. The van der Waals surface area contributed by atoms with Gasteiger partial charge in [0.25, 0.3) is 5.22 Å². The lowest BCUT2D eigenvalue weighted by Crippen LogP contribution is -2.14. The van der Waals surface area contributed by atoms with E-state index < -0.39 is 0 Å². The summed E-state index contributed by atoms with van der Waals surface area (Å²) in [4.78, 5) is 12.1. The van der Waals surface area contributed by atoms with Crippen LogP contribution in [0.1, 0.15) is 17.5 Å². The van der Waals surface area contributed by atoms with Crippen molar-refractivity contribution >= 4 is 23.4 Å². The predicted molar refractivity (Wildman–Crippen MR) is 97.6 cm³/mol. The zero-order valence-electron chi connectivity index (χ0n) is 13.6. The normalized spacial score (nSPS) is 12.8. The van der Waals surface area contributed by atoms with Crippen LogP contribution in [0.2, 0.25) is 0 Å². The Morgan fingerprint density at radius 1 is 1.08 bits per heavy atom. The molecule has 1 aromatic heterocycles. The number of thioether (sulfide) groups is 1. The summed E-state index contributed by atoms with van der Waals surface area (Å²) in [7, 11) is 0. The topological polar surface area (TPSA) is 68.0 Å². The molecule has 4 rings (SSSR count). The Morgan fingerprint density at radius 3 is 2.80 bits per heavy atom. The molecule has 2 aromatic carbocycles. The molecular weight excluding hydrogens is 334 g/mol. The van der Waals surface area contributed by atoms with Gasteiger partial charge in [-0.3, -0.25) is 4.79 Å². The van der Waals surface area contributed by atoms with Gasteiger partial charge in [0.1, 0.15) is 0 Å². The molecule has 1 heterocycles. The van der Waals surface area contributed by atoms with Gasteiger partial charge in [0.2, 0.25) is 11.8 Å². The average Bonchev–Trinajstić information content (AvgIpc) is 3.30. The molecule has 25 heavy (non-hydrogen) atoms. The third kappa shape index (κ3) is 3.74. The number of carbonyl (C=O) groups is 1. The molecular formula is C19H17N3O2S. The first-order valence-corrected chi connectivity index (χ1v) is 9.20. The minimum Gasteiger partial charge on any atom is -0.411 e. The predicted octanol–water partition coefficient (Wildman–Crippen LogP) is 3.96. The van der Waals surface area contributed by atoms with Gasteiger partial charge in [-0.15, -0.1) is 10.2 Å². The van der Waals surface area contributed by atoms with Crippen LogP contribution in [0.4, 0.5) is 5.69 Å². The lowest BCUT2D eigenvalue weighted by Gasteiger charge is -2.06. The molecule has 1 aliphatic rings. The standard InChI is InChI=1S/C19H17N3O2S/c23-17(20-16-10-9-13-7-4-8-15(13)11-16)12-25-19-22-21-18(24-19)14-5-2-1-3-6-14/h1-3,5-6,9-11H,4,7-8,12H2,(H,20,23). The van der Waals surface area contributed by atoms with E-state index in [2.05, 4.69) is 27.6 Å². The summed E-state index contributed by atoms with van der Waals surface area (Å²) in [5.41, 5.74) is 4.45. The van der Waals surface area contributed by atoms with Gasteiger partial charge in [0, 0.05) is 11.3 Å². The molecule has 0 bridgehead atoms. The van der Waals surface area contributed by atoms with E-state index in [1.165, 1.54) is 29.3 Å². The number of aryl methyl sites for hydroxylation is 2. The second-order valence-corrected chi connectivity index (χ2v) is 6.84. The van der Waals surface area contributed by atoms with Crippen molar-refractivity contribution in [3.05, 3.63) is 59.7 Å². The first-order chi connectivity index (χ1) is 12.3. The van der Waals surface area contributed by atoms with Gasteiger partial charge in [-0.2, -0.15) is 0 Å². The summed E-state index contributed by atoms with van der Waals surface area (Å²) in [6.07, 6.45) is 3.43. The maximum atomic E-state index is 12.1. The van der Waals surface area contributed by atoms with Crippen molar-refractivity contribution in [3.63, 3.8) is 0 Å². The van der Waals surface area contributed by atoms with Crippen LogP contribution in [-0.2, 0) is 17.6 Å². The number of benzene rings is 2. The fourth-order valence-corrected chi connectivity index (χ4v) is 3.50. The number of hydrogen-bond acceptors (Lipinski definition) is 5. The lowest BCUT2D eigenvalue weighted by atomic mass is 10.1. The van der Waals surface area contributed by atoms with Gasteiger partial charge in [-0.1, -0.05) is 36.0 Å². The van der Waals surface area contributed by atoms with Crippen LogP contribution in [0.15, 0.2) is 58.2 Å². The molecule has 126 valence electrons. The van der Waals surface area contributed by atoms with E-state index in [-0.39, 0.29) is 11.7 Å². The first-order valence-electron chi connectivity index (χ1n) is 8.21. The maximum absolute atomic E-state index is 12.1. The Kier molecular flexibility index (Phi) is 4.52. The molecule has 0 aliphatic heterocycles. The van der Waals surface area contributed by atoms with Crippen LogP contribution >= 0.6 is 11.8 Å². The highest BCUT2D eigenvalue weighted by Crippen LogP contribution is 2.26. The average molecular weight is 351 g/mol. The number of anilines is 1. The zero-order chi connectivity index (χ0) is 17.1. The quantitative estimate of drug-likeness (QED) is 0.705. The second kappa shape index (κ2) is 7.11. The highest BCUT2D eigenvalue weighted by atomic mass is 32.2. The fraction of sp³-hybridized carbons (Fsp3) is 0.211. The molecule has 3 aromatic rings. The lowest BCUT2D eigenvalue weighted by molar-refractivity contribution is -0.113. The molecule has 0 radical (unpaired) electrons. The number of nitrogens with zero attached hydrogens (tertiary/aromatic N) is 2. The Morgan fingerprint density at radius 2 is 1.92 bits per heavy atom. The highest BCUT2D eigenvalue weighted by molar-refractivity contribution is 7.99. The number of amides is 1. The van der Waals surface area contributed by atoms with E-state index in [4.69, 9.17) is 4.42 Å². The number of nitrogens with one attached hydrogen (secondary N) is 1. The van der Waals surface area contributed by atoms with Crippen LogP contribution in [-0.4, -0.2) is 21.9 Å². The molecule has 5 nitrogen and oxygen atoms in total. The van der Waals surface area contributed by atoms with Gasteiger partial charge >= 0.3 is 0 Å². The Labute approximate surface area is 149 Å². The van der Waals surface area contributed by atoms with Crippen molar-refractivity contribution in [3.8, 4) is 11.5 Å². The number of hydrogen-bond donors (Lipinski definition) is 1. The molecule has 0 fully saturated rings. The van der Waals surface area contributed by atoms with Crippen LogP contribution in [0.3, 0.4) is 0 Å². The summed E-state index contributed by atoms with van der Waals surface area (Å²) >= 11 is 1.24. The monoisotopic (exact) mass is 351 g/mol. The summed E-state index contributed by atoms with van der Waals surface area (Å²) < 4.78 is 5.59. The third-order valence-corrected chi connectivity index (χ3v) is 4.95. The van der Waals surface area contributed by atoms with Gasteiger partial charge in [-0.05, 0) is 54.7 Å². The van der Waals surface area contributed by atoms with Gasteiger partial charge in [0.15, 0.2) is 0 Å². The molecule has 0 atom stereocenters. The molecule has 6 heteroatoms. The van der Waals surface area contributed by atoms with E-state index in [0.29, 0.717) is 11.1 Å². The van der Waals surface area contributed by atoms with E-state index in [9.17, 15) is 4.79 Å². The Balaban J connectivity index is 1.34. The van der Waals surface area contributed by atoms with Crippen molar-refractivity contribution in [2.75, 3.05) is 11.1 Å². The van der Waals surface area contributed by atoms with E-state index >= 15 is 0 Å². The first kappa shape index (κ1) is 15.9. The van der Waals surface area contributed by atoms with Gasteiger partial charge < -0.3 is 9.73 Å².